The number of benzene rings is 12. The number of fused-ring (bicyclic) bond motifs is 7. The van der Waals surface area contributed by atoms with Crippen LogP contribution in [0.5, 0.6) is 0 Å². The molecule has 13 rings (SSSR count). The predicted octanol–water partition coefficient (Wildman–Crippen LogP) is 19.3. The Hall–Kier alpha value is -8.56. The highest BCUT2D eigenvalue weighted by molar-refractivity contribution is 7.26. The van der Waals surface area contributed by atoms with Gasteiger partial charge in [-0.05, 0) is 143 Å². The van der Waals surface area contributed by atoms with Gasteiger partial charge in [0.25, 0.3) is 0 Å². The molecule has 0 atom stereocenters. The van der Waals surface area contributed by atoms with E-state index in [-0.39, 0.29) is 0 Å². The first-order valence-corrected chi connectivity index (χ1v) is 24.1. The molecule has 12 aromatic carbocycles. The van der Waals surface area contributed by atoms with Crippen LogP contribution in [0.25, 0.3) is 108 Å². The maximum Gasteiger partial charge on any atom is 0.0640 e. The number of thiophene rings is 1. The molecular formula is C66H43NS. The zero-order chi connectivity index (χ0) is 45.0. The fourth-order valence-electron chi connectivity index (χ4n) is 10.3. The Morgan fingerprint density at radius 2 is 0.779 bits per heavy atom. The third kappa shape index (κ3) is 7.02. The maximum atomic E-state index is 2.44. The molecule has 0 saturated carbocycles. The van der Waals surface area contributed by atoms with Crippen LogP contribution in [0.3, 0.4) is 0 Å². The summed E-state index contributed by atoms with van der Waals surface area (Å²) in [7, 11) is 0. The number of nitrogens with zero attached hydrogens (tertiary/aromatic N) is 1. The molecule has 318 valence electrons. The molecule has 0 spiro atoms. The molecule has 0 aliphatic carbocycles. The summed E-state index contributed by atoms with van der Waals surface area (Å²) < 4.78 is 2.55. The van der Waals surface area contributed by atoms with E-state index in [1.54, 1.807) is 0 Å². The molecule has 1 heterocycles. The summed E-state index contributed by atoms with van der Waals surface area (Å²) in [5.74, 6) is 0. The number of anilines is 3. The minimum atomic E-state index is 1.10. The Bertz CT molecular complexity index is 4000. The molecule has 13 aromatic rings. The lowest BCUT2D eigenvalue weighted by atomic mass is 9.92. The van der Waals surface area contributed by atoms with E-state index in [9.17, 15) is 0 Å². The van der Waals surface area contributed by atoms with Gasteiger partial charge in [0.1, 0.15) is 0 Å². The number of rotatable bonds is 8. The first-order chi connectivity index (χ1) is 33.7. The minimum Gasteiger partial charge on any atom is -0.309 e. The van der Waals surface area contributed by atoms with Crippen molar-refractivity contribution in [1.29, 1.82) is 0 Å². The second-order valence-corrected chi connectivity index (χ2v) is 18.7. The minimum absolute atomic E-state index is 1.10. The van der Waals surface area contributed by atoms with Crippen LogP contribution in [0.4, 0.5) is 17.1 Å². The topological polar surface area (TPSA) is 3.24 Å². The molecule has 0 radical (unpaired) electrons. The molecule has 0 fully saturated rings. The van der Waals surface area contributed by atoms with Crippen LogP contribution in [0.1, 0.15) is 0 Å². The van der Waals surface area contributed by atoms with Gasteiger partial charge in [0.05, 0.1) is 10.4 Å². The van der Waals surface area contributed by atoms with Gasteiger partial charge < -0.3 is 4.90 Å². The molecule has 0 saturated heterocycles. The summed E-state index contributed by atoms with van der Waals surface area (Å²) in [5, 5.41) is 10.1. The van der Waals surface area contributed by atoms with Gasteiger partial charge in [-0.15, -0.1) is 11.3 Å². The average Bonchev–Trinajstić information content (AvgIpc) is 3.80. The van der Waals surface area contributed by atoms with Crippen molar-refractivity contribution in [3.63, 3.8) is 0 Å². The molecule has 0 bridgehead atoms. The van der Waals surface area contributed by atoms with Crippen LogP contribution in [-0.4, -0.2) is 0 Å². The third-order valence-corrected chi connectivity index (χ3v) is 14.8. The first-order valence-electron chi connectivity index (χ1n) is 23.3. The van der Waals surface area contributed by atoms with Crippen LogP contribution in [-0.2, 0) is 0 Å². The smallest absolute Gasteiger partial charge is 0.0640 e. The molecular weight excluding hydrogens is 839 g/mol. The van der Waals surface area contributed by atoms with E-state index in [1.807, 2.05) is 11.3 Å². The number of hydrogen-bond acceptors (Lipinski definition) is 2. The Labute approximate surface area is 400 Å². The summed E-state index contributed by atoms with van der Waals surface area (Å²) in [6.45, 7) is 0. The summed E-state index contributed by atoms with van der Waals surface area (Å²) in [6.07, 6.45) is 0. The maximum absolute atomic E-state index is 2.44. The zero-order valence-corrected chi connectivity index (χ0v) is 38.0. The van der Waals surface area contributed by atoms with Crippen molar-refractivity contribution in [3.05, 3.63) is 261 Å². The standard InChI is InChI=1S/C66H43NS/c1-3-14-44(15-4-1)51-34-39-60-61-26-13-27-64(66(61)68-65(60)43-51)67(55-37-32-46(33-38-55)50-29-28-48-19-12-25-56(62(48)41-50)47-16-5-2-6-17-47)54-35-30-45(31-36-54)49-20-11-21-52(40-49)63-42-53-18-7-8-22-57(53)58-23-9-10-24-59(58)63/h1-43H. The second-order valence-electron chi connectivity index (χ2n) is 17.6. The van der Waals surface area contributed by atoms with E-state index in [0.29, 0.717) is 0 Å². The quantitative estimate of drug-likeness (QED) is 0.137. The van der Waals surface area contributed by atoms with Gasteiger partial charge in [0.2, 0.25) is 0 Å². The first kappa shape index (κ1) is 39.8. The van der Waals surface area contributed by atoms with E-state index >= 15 is 0 Å². The highest BCUT2D eigenvalue weighted by atomic mass is 32.1. The van der Waals surface area contributed by atoms with Crippen LogP contribution >= 0.6 is 11.3 Å². The monoisotopic (exact) mass is 881 g/mol. The fraction of sp³-hybridized carbons (Fsp3) is 0. The van der Waals surface area contributed by atoms with Crippen LogP contribution in [0.15, 0.2) is 261 Å². The van der Waals surface area contributed by atoms with Crippen molar-refractivity contribution in [2.45, 2.75) is 0 Å². The lowest BCUT2D eigenvalue weighted by molar-refractivity contribution is 1.30. The second kappa shape index (κ2) is 16.7. The molecule has 0 N–H and O–H groups in total. The van der Waals surface area contributed by atoms with Crippen molar-refractivity contribution in [1.82, 2.24) is 0 Å². The molecule has 0 aliphatic heterocycles. The van der Waals surface area contributed by atoms with Crippen LogP contribution in [0.2, 0.25) is 0 Å². The lowest BCUT2D eigenvalue weighted by Gasteiger charge is -2.26. The molecule has 0 unspecified atom stereocenters. The van der Waals surface area contributed by atoms with Gasteiger partial charge >= 0.3 is 0 Å². The molecule has 2 heteroatoms. The van der Waals surface area contributed by atoms with Crippen molar-refractivity contribution >= 4 is 80.9 Å². The SMILES string of the molecule is c1ccc(-c2ccc3c(c2)sc2c(N(c4ccc(-c5cccc(-c6cc7ccccc7c7ccccc67)c5)cc4)c4ccc(-c5ccc6cccc(-c7ccccc7)c6c5)cc4)cccc23)cc1. The summed E-state index contributed by atoms with van der Waals surface area (Å²) in [5.41, 5.74) is 15.5. The van der Waals surface area contributed by atoms with Crippen molar-refractivity contribution in [3.8, 4) is 55.6 Å². The lowest BCUT2D eigenvalue weighted by Crippen LogP contribution is -2.10. The van der Waals surface area contributed by atoms with Gasteiger partial charge in [0, 0.05) is 26.8 Å². The largest absolute Gasteiger partial charge is 0.309 e. The van der Waals surface area contributed by atoms with Crippen molar-refractivity contribution in [2.24, 2.45) is 0 Å². The van der Waals surface area contributed by atoms with Crippen LogP contribution in [0, 0.1) is 0 Å². The molecule has 0 aliphatic rings. The van der Waals surface area contributed by atoms with Gasteiger partial charge in [-0.1, -0.05) is 206 Å². The zero-order valence-electron chi connectivity index (χ0n) is 37.2. The molecule has 1 nitrogen and oxygen atoms in total. The summed E-state index contributed by atoms with van der Waals surface area (Å²) in [4.78, 5) is 2.44. The highest BCUT2D eigenvalue weighted by Crippen LogP contribution is 2.46. The Morgan fingerprint density at radius 1 is 0.250 bits per heavy atom. The van der Waals surface area contributed by atoms with E-state index in [4.69, 9.17) is 0 Å². The normalized spacial score (nSPS) is 11.5. The average molecular weight is 882 g/mol. The predicted molar refractivity (Wildman–Crippen MR) is 294 cm³/mol. The van der Waals surface area contributed by atoms with E-state index in [2.05, 4.69) is 266 Å². The van der Waals surface area contributed by atoms with Gasteiger partial charge in [-0.3, -0.25) is 0 Å². The van der Waals surface area contributed by atoms with E-state index in [1.165, 1.54) is 108 Å². The Balaban J connectivity index is 0.914. The van der Waals surface area contributed by atoms with Crippen molar-refractivity contribution in [2.75, 3.05) is 4.90 Å². The molecule has 68 heavy (non-hydrogen) atoms. The Kier molecular flexibility index (Phi) is 9.77. The van der Waals surface area contributed by atoms with Gasteiger partial charge in [-0.25, -0.2) is 0 Å². The number of hydrogen-bond donors (Lipinski definition) is 0. The van der Waals surface area contributed by atoms with Gasteiger partial charge in [0.15, 0.2) is 0 Å². The fourth-order valence-corrected chi connectivity index (χ4v) is 11.5. The highest BCUT2D eigenvalue weighted by Gasteiger charge is 2.20. The third-order valence-electron chi connectivity index (χ3n) is 13.7. The van der Waals surface area contributed by atoms with E-state index in [0.717, 1.165) is 17.1 Å². The Morgan fingerprint density at radius 3 is 1.54 bits per heavy atom. The molecule has 1 aromatic heterocycles. The molecule has 0 amide bonds. The summed E-state index contributed by atoms with van der Waals surface area (Å²) >= 11 is 1.87. The summed E-state index contributed by atoms with van der Waals surface area (Å²) in [6, 6.07) is 95.7. The van der Waals surface area contributed by atoms with Crippen LogP contribution < -0.4 is 4.90 Å². The van der Waals surface area contributed by atoms with Gasteiger partial charge in [-0.2, -0.15) is 0 Å². The van der Waals surface area contributed by atoms with Crippen molar-refractivity contribution < 1.29 is 0 Å². The van der Waals surface area contributed by atoms with E-state index < -0.39 is 0 Å².